The van der Waals surface area contributed by atoms with E-state index in [2.05, 4.69) is 28.9 Å². The molecule has 1 aliphatic rings. The fourth-order valence-electron chi connectivity index (χ4n) is 3.09. The van der Waals surface area contributed by atoms with Gasteiger partial charge in [-0.25, -0.2) is 4.98 Å². The minimum absolute atomic E-state index is 0.0368. The number of fused-ring (bicyclic) bond motifs is 1. The van der Waals surface area contributed by atoms with Crippen LogP contribution in [0.3, 0.4) is 0 Å². The lowest BCUT2D eigenvalue weighted by Gasteiger charge is -2.38. The first kappa shape index (κ1) is 16.1. The third kappa shape index (κ3) is 3.37. The fraction of sp³-hybridized carbons (Fsp3) is 0.300. The van der Waals surface area contributed by atoms with Crippen molar-refractivity contribution in [3.63, 3.8) is 0 Å². The van der Waals surface area contributed by atoms with Crippen LogP contribution in [0.2, 0.25) is 0 Å². The van der Waals surface area contributed by atoms with E-state index in [9.17, 15) is 4.79 Å². The Morgan fingerprint density at radius 3 is 2.80 bits per heavy atom. The average Bonchev–Trinajstić information content (AvgIpc) is 2.96. The largest absolute Gasteiger partial charge is 0.458 e. The topological polar surface area (TPSA) is 42.4 Å². The standard InChI is InChI=1S/C20H20N2O2S/c1-13-7-8-15(14(2)9-13)10-19(23)24-16-11-22(12-16)20-21-17-5-3-4-6-18(17)25-20/h3-9,16H,10-12H2,1-2H3. The van der Waals surface area contributed by atoms with E-state index in [0.717, 1.165) is 34.9 Å². The van der Waals surface area contributed by atoms with E-state index >= 15 is 0 Å². The number of thiazole rings is 1. The number of hydrogen-bond acceptors (Lipinski definition) is 5. The van der Waals surface area contributed by atoms with E-state index in [4.69, 9.17) is 4.74 Å². The van der Waals surface area contributed by atoms with Gasteiger partial charge < -0.3 is 9.64 Å². The second-order valence-electron chi connectivity index (χ2n) is 6.59. The minimum Gasteiger partial charge on any atom is -0.458 e. The van der Waals surface area contributed by atoms with Crippen LogP contribution < -0.4 is 4.90 Å². The molecule has 5 heteroatoms. The zero-order valence-corrected chi connectivity index (χ0v) is 15.2. The van der Waals surface area contributed by atoms with E-state index in [-0.39, 0.29) is 12.1 Å². The van der Waals surface area contributed by atoms with Crippen molar-refractivity contribution >= 4 is 32.7 Å². The number of carbonyl (C=O) groups is 1. The van der Waals surface area contributed by atoms with E-state index in [1.54, 1.807) is 11.3 Å². The molecule has 128 valence electrons. The van der Waals surface area contributed by atoms with Gasteiger partial charge >= 0.3 is 5.97 Å². The first-order valence-corrected chi connectivity index (χ1v) is 9.26. The molecule has 0 aliphatic carbocycles. The van der Waals surface area contributed by atoms with Crippen molar-refractivity contribution in [1.29, 1.82) is 0 Å². The van der Waals surface area contributed by atoms with Crippen molar-refractivity contribution in [2.45, 2.75) is 26.4 Å². The van der Waals surface area contributed by atoms with Gasteiger partial charge in [-0.1, -0.05) is 47.2 Å². The van der Waals surface area contributed by atoms with Crippen molar-refractivity contribution in [3.05, 3.63) is 59.2 Å². The highest BCUT2D eigenvalue weighted by atomic mass is 32.1. The normalized spacial score (nSPS) is 14.6. The first-order valence-electron chi connectivity index (χ1n) is 8.44. The molecule has 0 spiro atoms. The van der Waals surface area contributed by atoms with E-state index in [0.29, 0.717) is 6.42 Å². The molecule has 1 aromatic heterocycles. The van der Waals surface area contributed by atoms with E-state index in [1.165, 1.54) is 10.3 Å². The number of ether oxygens (including phenoxy) is 1. The highest BCUT2D eigenvalue weighted by Gasteiger charge is 2.32. The Hall–Kier alpha value is -2.40. The van der Waals surface area contributed by atoms with Gasteiger partial charge in [0.25, 0.3) is 0 Å². The molecule has 0 atom stereocenters. The summed E-state index contributed by atoms with van der Waals surface area (Å²) >= 11 is 1.68. The molecule has 1 saturated heterocycles. The predicted octanol–water partition coefficient (Wildman–Crippen LogP) is 3.89. The second kappa shape index (κ2) is 6.48. The summed E-state index contributed by atoms with van der Waals surface area (Å²) in [5.41, 5.74) is 4.41. The number of esters is 1. The summed E-state index contributed by atoms with van der Waals surface area (Å²) < 4.78 is 6.79. The number of carbonyl (C=O) groups excluding carboxylic acids is 1. The summed E-state index contributed by atoms with van der Waals surface area (Å²) in [5, 5.41) is 1.00. The van der Waals surface area contributed by atoms with Crippen molar-refractivity contribution < 1.29 is 9.53 Å². The number of aryl methyl sites for hydroxylation is 2. The van der Waals surface area contributed by atoms with Gasteiger partial charge in [-0.3, -0.25) is 4.79 Å². The summed E-state index contributed by atoms with van der Waals surface area (Å²) in [6.45, 7) is 5.53. The Kier molecular flexibility index (Phi) is 4.17. The van der Waals surface area contributed by atoms with Gasteiger partial charge in [-0.05, 0) is 37.1 Å². The smallest absolute Gasteiger partial charge is 0.310 e. The molecule has 0 unspecified atom stereocenters. The highest BCUT2D eigenvalue weighted by Crippen LogP contribution is 2.31. The summed E-state index contributed by atoms with van der Waals surface area (Å²) in [5.74, 6) is -0.152. The van der Waals surface area contributed by atoms with Crippen LogP contribution in [0.25, 0.3) is 10.2 Å². The molecule has 3 aromatic rings. The van der Waals surface area contributed by atoms with Crippen LogP contribution in [0.5, 0.6) is 0 Å². The lowest BCUT2D eigenvalue weighted by molar-refractivity contribution is -0.149. The summed E-state index contributed by atoms with van der Waals surface area (Å²) in [6.07, 6.45) is 0.300. The number of aromatic nitrogens is 1. The second-order valence-corrected chi connectivity index (χ2v) is 7.60. The first-order chi connectivity index (χ1) is 12.1. The lowest BCUT2D eigenvalue weighted by atomic mass is 10.0. The van der Waals surface area contributed by atoms with E-state index in [1.807, 2.05) is 37.3 Å². The average molecular weight is 352 g/mol. The van der Waals surface area contributed by atoms with Gasteiger partial charge in [0, 0.05) is 0 Å². The third-order valence-corrected chi connectivity index (χ3v) is 5.63. The molecule has 0 N–H and O–H groups in total. The van der Waals surface area contributed by atoms with Crippen LogP contribution in [0.1, 0.15) is 16.7 Å². The number of para-hydroxylation sites is 1. The molecule has 0 amide bonds. The van der Waals surface area contributed by atoms with Gasteiger partial charge in [0.15, 0.2) is 5.13 Å². The molecule has 25 heavy (non-hydrogen) atoms. The summed E-state index contributed by atoms with van der Waals surface area (Å²) in [4.78, 5) is 19.0. The van der Waals surface area contributed by atoms with Gasteiger partial charge in [-0.15, -0.1) is 0 Å². The van der Waals surface area contributed by atoms with Crippen LogP contribution in [-0.4, -0.2) is 30.1 Å². The van der Waals surface area contributed by atoms with Crippen molar-refractivity contribution in [3.8, 4) is 0 Å². The molecule has 0 bridgehead atoms. The number of benzene rings is 2. The minimum atomic E-state index is -0.152. The Morgan fingerprint density at radius 1 is 1.24 bits per heavy atom. The van der Waals surface area contributed by atoms with Crippen LogP contribution in [-0.2, 0) is 16.0 Å². The van der Waals surface area contributed by atoms with Gasteiger partial charge in [-0.2, -0.15) is 0 Å². The highest BCUT2D eigenvalue weighted by molar-refractivity contribution is 7.22. The van der Waals surface area contributed by atoms with Crippen molar-refractivity contribution in [1.82, 2.24) is 4.98 Å². The van der Waals surface area contributed by atoms with Crippen LogP contribution in [0, 0.1) is 13.8 Å². The molecule has 4 rings (SSSR count). The molecule has 0 radical (unpaired) electrons. The third-order valence-electron chi connectivity index (χ3n) is 4.53. The maximum atomic E-state index is 12.2. The molecule has 4 nitrogen and oxygen atoms in total. The van der Waals surface area contributed by atoms with E-state index < -0.39 is 0 Å². The summed E-state index contributed by atoms with van der Waals surface area (Å²) in [7, 11) is 0. The van der Waals surface area contributed by atoms with Crippen LogP contribution in [0.15, 0.2) is 42.5 Å². The fourth-order valence-corrected chi connectivity index (χ4v) is 4.08. The lowest BCUT2D eigenvalue weighted by Crippen LogP contribution is -2.53. The molecular formula is C20H20N2O2S. The number of anilines is 1. The van der Waals surface area contributed by atoms with Crippen LogP contribution >= 0.6 is 11.3 Å². The maximum absolute atomic E-state index is 12.2. The van der Waals surface area contributed by atoms with Gasteiger partial charge in [0.2, 0.25) is 0 Å². The SMILES string of the molecule is Cc1ccc(CC(=O)OC2CN(c3nc4ccccc4s3)C2)c(C)c1. The molecule has 1 fully saturated rings. The Balaban J connectivity index is 1.32. The molecular weight excluding hydrogens is 332 g/mol. The summed E-state index contributed by atoms with van der Waals surface area (Å²) in [6, 6.07) is 14.3. The monoisotopic (exact) mass is 352 g/mol. The van der Waals surface area contributed by atoms with Crippen molar-refractivity contribution in [2.24, 2.45) is 0 Å². The molecule has 2 aromatic carbocycles. The van der Waals surface area contributed by atoms with Crippen molar-refractivity contribution in [2.75, 3.05) is 18.0 Å². The van der Waals surface area contributed by atoms with Crippen LogP contribution in [0.4, 0.5) is 5.13 Å². The molecule has 2 heterocycles. The zero-order chi connectivity index (χ0) is 17.4. The maximum Gasteiger partial charge on any atom is 0.310 e. The number of rotatable bonds is 4. The Bertz CT molecular complexity index is 895. The zero-order valence-electron chi connectivity index (χ0n) is 14.4. The molecule has 0 saturated carbocycles. The Morgan fingerprint density at radius 2 is 2.04 bits per heavy atom. The van der Waals surface area contributed by atoms with Gasteiger partial charge in [0.1, 0.15) is 6.10 Å². The quantitative estimate of drug-likeness (QED) is 0.668. The number of hydrogen-bond donors (Lipinski definition) is 0. The Labute approximate surface area is 151 Å². The number of nitrogens with zero attached hydrogens (tertiary/aromatic N) is 2. The predicted molar refractivity (Wildman–Crippen MR) is 101 cm³/mol. The molecule has 1 aliphatic heterocycles. The van der Waals surface area contributed by atoms with Gasteiger partial charge in [0.05, 0.1) is 29.7 Å².